The van der Waals surface area contributed by atoms with E-state index in [1.54, 1.807) is 19.1 Å². The Hall–Kier alpha value is -2.67. The first kappa shape index (κ1) is 22.6. The predicted octanol–water partition coefficient (Wildman–Crippen LogP) is 3.53. The molecule has 7 heteroatoms. The Labute approximate surface area is 176 Å². The lowest BCUT2D eigenvalue weighted by Gasteiger charge is -2.18. The minimum atomic E-state index is -0.264. The van der Waals surface area contributed by atoms with Crippen LogP contribution in [0.2, 0.25) is 0 Å². The van der Waals surface area contributed by atoms with Crippen molar-refractivity contribution in [1.29, 1.82) is 0 Å². The van der Waals surface area contributed by atoms with Crippen molar-refractivity contribution in [3.63, 3.8) is 0 Å². The Kier molecular flexibility index (Phi) is 9.37. The number of methoxy groups -OCH3 is 2. The van der Waals surface area contributed by atoms with Gasteiger partial charge in [0.1, 0.15) is 6.61 Å². The van der Waals surface area contributed by atoms with E-state index < -0.39 is 0 Å². The lowest BCUT2D eigenvalue weighted by Crippen LogP contribution is -2.28. The third kappa shape index (κ3) is 7.69. The summed E-state index contributed by atoms with van der Waals surface area (Å²) in [6.45, 7) is 0.920. The molecule has 6 nitrogen and oxygen atoms in total. The Morgan fingerprint density at radius 1 is 1.00 bits per heavy atom. The fraction of sp³-hybridized carbons (Fsp3) is 0.364. The van der Waals surface area contributed by atoms with Crippen molar-refractivity contribution < 1.29 is 23.8 Å². The molecule has 0 unspecified atom stereocenters. The molecule has 0 atom stereocenters. The van der Waals surface area contributed by atoms with E-state index in [-0.39, 0.29) is 11.9 Å². The molecule has 2 aromatic carbocycles. The molecule has 0 saturated carbocycles. The van der Waals surface area contributed by atoms with Gasteiger partial charge in [0.2, 0.25) is 5.91 Å². The van der Waals surface area contributed by atoms with E-state index in [0.29, 0.717) is 42.6 Å². The molecule has 2 rings (SSSR count). The van der Waals surface area contributed by atoms with Crippen molar-refractivity contribution in [1.82, 2.24) is 4.90 Å². The number of ether oxygens (including phenoxy) is 3. The highest BCUT2D eigenvalue weighted by Crippen LogP contribution is 2.29. The Balaban J connectivity index is 1.86. The number of hydrogen-bond donors (Lipinski definition) is 0. The number of amides is 1. The molecule has 0 aliphatic carbocycles. The molecule has 0 saturated heterocycles. The van der Waals surface area contributed by atoms with Crippen molar-refractivity contribution in [3.05, 3.63) is 59.7 Å². The fourth-order valence-corrected chi connectivity index (χ4v) is 3.40. The maximum atomic E-state index is 12.3. The monoisotopic (exact) mass is 417 g/mol. The van der Waals surface area contributed by atoms with E-state index in [4.69, 9.17) is 9.47 Å². The Bertz CT molecular complexity index is 797. The van der Waals surface area contributed by atoms with Crippen molar-refractivity contribution in [2.24, 2.45) is 0 Å². The zero-order chi connectivity index (χ0) is 21.1. The summed E-state index contributed by atoms with van der Waals surface area (Å²) in [6, 6.07) is 15.6. The molecule has 156 valence electrons. The number of rotatable bonds is 11. The summed E-state index contributed by atoms with van der Waals surface area (Å²) in [5, 5.41) is 0. The predicted molar refractivity (Wildman–Crippen MR) is 114 cm³/mol. The van der Waals surface area contributed by atoms with Gasteiger partial charge in [-0.15, -0.1) is 0 Å². The van der Waals surface area contributed by atoms with Gasteiger partial charge in [0.05, 0.1) is 26.4 Å². The van der Waals surface area contributed by atoms with Gasteiger partial charge in [-0.25, -0.2) is 0 Å². The van der Waals surface area contributed by atoms with E-state index in [0.717, 1.165) is 11.1 Å². The van der Waals surface area contributed by atoms with E-state index in [1.807, 2.05) is 48.5 Å². The lowest BCUT2D eigenvalue weighted by atomic mass is 10.2. The molecule has 0 N–H and O–H groups in total. The van der Waals surface area contributed by atoms with Crippen LogP contribution in [0.25, 0.3) is 0 Å². The molecule has 29 heavy (non-hydrogen) atoms. The minimum absolute atomic E-state index is 0.00300. The number of thioether (sulfide) groups is 1. The van der Waals surface area contributed by atoms with Gasteiger partial charge in [-0.3, -0.25) is 9.59 Å². The second kappa shape index (κ2) is 12.0. The van der Waals surface area contributed by atoms with Crippen LogP contribution >= 0.6 is 11.8 Å². The summed E-state index contributed by atoms with van der Waals surface area (Å²) in [6.07, 6.45) is 0.305. The molecular formula is C22H27NO5S. The van der Waals surface area contributed by atoms with E-state index in [9.17, 15) is 9.59 Å². The van der Waals surface area contributed by atoms with Gasteiger partial charge in [0, 0.05) is 19.3 Å². The van der Waals surface area contributed by atoms with Gasteiger partial charge in [0.15, 0.2) is 11.5 Å². The quantitative estimate of drug-likeness (QED) is 0.412. The van der Waals surface area contributed by atoms with Crippen LogP contribution in [0, 0.1) is 0 Å². The van der Waals surface area contributed by atoms with Gasteiger partial charge in [-0.05, 0) is 23.3 Å². The van der Waals surface area contributed by atoms with Crippen LogP contribution in [0.3, 0.4) is 0 Å². The fourth-order valence-electron chi connectivity index (χ4n) is 2.55. The number of benzene rings is 2. The van der Waals surface area contributed by atoms with Crippen LogP contribution in [0.4, 0.5) is 0 Å². The van der Waals surface area contributed by atoms with Gasteiger partial charge in [0.25, 0.3) is 0 Å². The summed E-state index contributed by atoms with van der Waals surface area (Å²) >= 11 is 1.42. The molecule has 0 spiro atoms. The average molecular weight is 418 g/mol. The van der Waals surface area contributed by atoms with E-state index in [1.165, 1.54) is 18.9 Å². The van der Waals surface area contributed by atoms with Crippen molar-refractivity contribution in [2.45, 2.75) is 19.6 Å². The zero-order valence-electron chi connectivity index (χ0n) is 17.1. The Morgan fingerprint density at radius 3 is 2.45 bits per heavy atom. The highest BCUT2D eigenvalue weighted by molar-refractivity contribution is 7.99. The highest BCUT2D eigenvalue weighted by Gasteiger charge is 2.12. The first-order chi connectivity index (χ1) is 14.0. The first-order valence-electron chi connectivity index (χ1n) is 9.25. The van der Waals surface area contributed by atoms with Crippen molar-refractivity contribution >= 4 is 23.6 Å². The second-order valence-electron chi connectivity index (χ2n) is 6.39. The van der Waals surface area contributed by atoms with Crippen molar-refractivity contribution in [3.8, 4) is 11.5 Å². The topological polar surface area (TPSA) is 65.1 Å². The third-order valence-corrected chi connectivity index (χ3v) is 5.16. The zero-order valence-corrected chi connectivity index (χ0v) is 17.9. The first-order valence-corrected chi connectivity index (χ1v) is 10.4. The highest BCUT2D eigenvalue weighted by atomic mass is 32.2. The largest absolute Gasteiger partial charge is 0.493 e. The number of esters is 1. The van der Waals surface area contributed by atoms with Crippen LogP contribution in [-0.4, -0.2) is 49.5 Å². The maximum Gasteiger partial charge on any atom is 0.306 e. The molecule has 0 aliphatic heterocycles. The van der Waals surface area contributed by atoms with Gasteiger partial charge < -0.3 is 19.1 Å². The van der Waals surface area contributed by atoms with E-state index >= 15 is 0 Å². The summed E-state index contributed by atoms with van der Waals surface area (Å²) in [5.74, 6) is 1.92. The van der Waals surface area contributed by atoms with Gasteiger partial charge in [-0.2, -0.15) is 11.8 Å². The molecule has 2 aromatic rings. The molecule has 0 heterocycles. The lowest BCUT2D eigenvalue weighted by molar-refractivity contribution is -0.140. The number of carbonyl (C=O) groups is 2. The van der Waals surface area contributed by atoms with Crippen LogP contribution in [-0.2, 0) is 27.5 Å². The van der Waals surface area contributed by atoms with Gasteiger partial charge in [-0.1, -0.05) is 36.4 Å². The Morgan fingerprint density at radius 2 is 1.76 bits per heavy atom. The van der Waals surface area contributed by atoms with Crippen molar-refractivity contribution in [2.75, 3.05) is 32.8 Å². The minimum Gasteiger partial charge on any atom is -0.493 e. The van der Waals surface area contributed by atoms with E-state index in [2.05, 4.69) is 4.74 Å². The molecule has 1 amide bonds. The summed E-state index contributed by atoms with van der Waals surface area (Å²) in [5.41, 5.74) is 2.03. The SMILES string of the molecule is COC(=O)CCSCC(=O)N(C)Cc1ccc(OCc2ccccc2)c(OC)c1. The number of carbonyl (C=O) groups excluding carboxylic acids is 2. The molecular weight excluding hydrogens is 390 g/mol. The number of nitrogens with zero attached hydrogens (tertiary/aromatic N) is 1. The molecule has 0 fully saturated rings. The molecule has 0 radical (unpaired) electrons. The molecule has 0 bridgehead atoms. The summed E-state index contributed by atoms with van der Waals surface area (Å²) in [7, 11) is 4.72. The van der Waals surface area contributed by atoms with Crippen LogP contribution in [0.5, 0.6) is 11.5 Å². The third-order valence-electron chi connectivity index (χ3n) is 4.21. The number of hydrogen-bond acceptors (Lipinski definition) is 6. The second-order valence-corrected chi connectivity index (χ2v) is 7.49. The maximum absolute atomic E-state index is 12.3. The molecule has 0 aromatic heterocycles. The smallest absolute Gasteiger partial charge is 0.306 e. The van der Waals surface area contributed by atoms with Gasteiger partial charge >= 0.3 is 5.97 Å². The average Bonchev–Trinajstić information content (AvgIpc) is 2.75. The van der Waals surface area contributed by atoms with Crippen LogP contribution in [0.1, 0.15) is 17.5 Å². The van der Waals surface area contributed by atoms with Crippen LogP contribution in [0.15, 0.2) is 48.5 Å². The molecule has 0 aliphatic rings. The van der Waals surface area contributed by atoms with Crippen LogP contribution < -0.4 is 9.47 Å². The summed E-state index contributed by atoms with van der Waals surface area (Å²) in [4.78, 5) is 25.0. The summed E-state index contributed by atoms with van der Waals surface area (Å²) < 4.78 is 15.9. The standard InChI is InChI=1S/C22H27NO5S/c1-23(21(24)16-29-12-11-22(25)27-3)14-18-9-10-19(20(13-18)26-2)28-15-17-7-5-4-6-8-17/h4-10,13H,11-12,14-16H2,1-3H3. The normalized spacial score (nSPS) is 10.3.